The number of aromatic nitrogens is 3. The van der Waals surface area contributed by atoms with Crippen molar-refractivity contribution in [2.75, 3.05) is 0 Å². The van der Waals surface area contributed by atoms with Gasteiger partial charge >= 0.3 is 0 Å². The first kappa shape index (κ1) is 10.7. The highest BCUT2D eigenvalue weighted by Crippen LogP contribution is 2.21. The molecule has 2 heterocycles. The molecule has 2 aromatic heterocycles. The van der Waals surface area contributed by atoms with Gasteiger partial charge in [0.2, 0.25) is 0 Å². The maximum Gasteiger partial charge on any atom is 0.159 e. The highest BCUT2D eigenvalue weighted by molar-refractivity contribution is 5.53. The van der Waals surface area contributed by atoms with Gasteiger partial charge in [-0.15, -0.1) is 0 Å². The molecule has 0 aliphatic carbocycles. The standard InChI is InChI=1S/C13H15N3/c1-13(2,3)11-8-15-12(16-9-11)10-4-6-14-7-5-10/h4-9H,1-3H3. The molecule has 0 N–H and O–H groups in total. The third kappa shape index (κ3) is 2.24. The van der Waals surface area contributed by atoms with Crippen molar-refractivity contribution in [3.63, 3.8) is 0 Å². The molecule has 82 valence electrons. The monoisotopic (exact) mass is 213 g/mol. The van der Waals surface area contributed by atoms with Crippen LogP contribution < -0.4 is 0 Å². The molecule has 0 unspecified atom stereocenters. The summed E-state index contributed by atoms with van der Waals surface area (Å²) in [7, 11) is 0. The van der Waals surface area contributed by atoms with Crippen molar-refractivity contribution >= 4 is 0 Å². The van der Waals surface area contributed by atoms with E-state index in [1.54, 1.807) is 12.4 Å². The molecule has 0 aromatic carbocycles. The summed E-state index contributed by atoms with van der Waals surface area (Å²) in [6, 6.07) is 3.82. The number of pyridine rings is 1. The van der Waals surface area contributed by atoms with E-state index in [1.807, 2.05) is 24.5 Å². The summed E-state index contributed by atoms with van der Waals surface area (Å²) < 4.78 is 0. The molecule has 16 heavy (non-hydrogen) atoms. The zero-order valence-electron chi connectivity index (χ0n) is 9.81. The lowest BCUT2D eigenvalue weighted by atomic mass is 9.89. The molecule has 3 nitrogen and oxygen atoms in total. The van der Waals surface area contributed by atoms with Gasteiger partial charge in [-0.05, 0) is 23.1 Å². The Morgan fingerprint density at radius 2 is 1.50 bits per heavy atom. The number of hydrogen-bond donors (Lipinski definition) is 0. The largest absolute Gasteiger partial charge is 0.265 e. The first-order valence-corrected chi connectivity index (χ1v) is 5.30. The van der Waals surface area contributed by atoms with Crippen LogP contribution in [-0.2, 0) is 5.41 Å². The molecule has 0 saturated heterocycles. The zero-order valence-corrected chi connectivity index (χ0v) is 9.81. The van der Waals surface area contributed by atoms with E-state index in [1.165, 1.54) is 0 Å². The highest BCUT2D eigenvalue weighted by Gasteiger charge is 2.14. The SMILES string of the molecule is CC(C)(C)c1cnc(-c2ccncc2)nc1. The second-order valence-electron chi connectivity index (χ2n) is 4.78. The highest BCUT2D eigenvalue weighted by atomic mass is 14.9. The lowest BCUT2D eigenvalue weighted by Crippen LogP contribution is -2.12. The van der Waals surface area contributed by atoms with E-state index in [9.17, 15) is 0 Å². The fourth-order valence-corrected chi connectivity index (χ4v) is 1.37. The van der Waals surface area contributed by atoms with Crippen molar-refractivity contribution in [3.05, 3.63) is 42.5 Å². The van der Waals surface area contributed by atoms with Gasteiger partial charge in [-0.1, -0.05) is 20.8 Å². The summed E-state index contributed by atoms with van der Waals surface area (Å²) >= 11 is 0. The van der Waals surface area contributed by atoms with Gasteiger partial charge in [-0.3, -0.25) is 4.98 Å². The van der Waals surface area contributed by atoms with E-state index in [0.717, 1.165) is 17.0 Å². The van der Waals surface area contributed by atoms with Gasteiger partial charge < -0.3 is 0 Å². The lowest BCUT2D eigenvalue weighted by Gasteiger charge is -2.17. The van der Waals surface area contributed by atoms with E-state index in [2.05, 4.69) is 35.7 Å². The topological polar surface area (TPSA) is 38.7 Å². The van der Waals surface area contributed by atoms with Crippen molar-refractivity contribution in [1.29, 1.82) is 0 Å². The van der Waals surface area contributed by atoms with Crippen LogP contribution in [0.15, 0.2) is 36.9 Å². The summed E-state index contributed by atoms with van der Waals surface area (Å²) in [6.45, 7) is 6.45. The summed E-state index contributed by atoms with van der Waals surface area (Å²) in [5.41, 5.74) is 2.23. The molecule has 0 spiro atoms. The number of nitrogens with zero attached hydrogens (tertiary/aromatic N) is 3. The maximum atomic E-state index is 4.38. The van der Waals surface area contributed by atoms with Gasteiger partial charge in [0.15, 0.2) is 5.82 Å². The second-order valence-corrected chi connectivity index (χ2v) is 4.78. The predicted octanol–water partition coefficient (Wildman–Crippen LogP) is 2.84. The predicted molar refractivity (Wildman–Crippen MR) is 64.0 cm³/mol. The molecule has 3 heteroatoms. The first-order chi connectivity index (χ1) is 7.57. The maximum absolute atomic E-state index is 4.38. The van der Waals surface area contributed by atoms with Gasteiger partial charge in [0.1, 0.15) is 0 Å². The Kier molecular flexibility index (Phi) is 2.69. The summed E-state index contributed by atoms with van der Waals surface area (Å²) in [4.78, 5) is 12.7. The summed E-state index contributed by atoms with van der Waals surface area (Å²) in [6.07, 6.45) is 7.28. The van der Waals surface area contributed by atoms with Gasteiger partial charge in [0.25, 0.3) is 0 Å². The average molecular weight is 213 g/mol. The summed E-state index contributed by atoms with van der Waals surface area (Å²) in [5, 5.41) is 0. The van der Waals surface area contributed by atoms with Crippen LogP contribution in [0.1, 0.15) is 26.3 Å². The Labute approximate surface area is 95.6 Å². The van der Waals surface area contributed by atoms with Gasteiger partial charge in [-0.2, -0.15) is 0 Å². The van der Waals surface area contributed by atoms with Crippen molar-refractivity contribution in [1.82, 2.24) is 15.0 Å². The quantitative estimate of drug-likeness (QED) is 0.731. The fraction of sp³-hybridized carbons (Fsp3) is 0.308. The van der Waals surface area contributed by atoms with Crippen molar-refractivity contribution < 1.29 is 0 Å². The number of hydrogen-bond acceptors (Lipinski definition) is 3. The molecule has 0 aliphatic rings. The molecular weight excluding hydrogens is 198 g/mol. The fourth-order valence-electron chi connectivity index (χ4n) is 1.37. The molecule has 2 rings (SSSR count). The van der Waals surface area contributed by atoms with Crippen LogP contribution in [0, 0.1) is 0 Å². The molecule has 0 fully saturated rings. The van der Waals surface area contributed by atoms with E-state index in [4.69, 9.17) is 0 Å². The molecule has 0 saturated carbocycles. The average Bonchev–Trinajstić information content (AvgIpc) is 2.29. The van der Waals surface area contributed by atoms with Crippen LogP contribution in [-0.4, -0.2) is 15.0 Å². The minimum Gasteiger partial charge on any atom is -0.265 e. The molecule has 0 amide bonds. The molecule has 0 radical (unpaired) electrons. The van der Waals surface area contributed by atoms with Crippen LogP contribution in [0.4, 0.5) is 0 Å². The Hall–Kier alpha value is -1.77. The zero-order chi connectivity index (χ0) is 11.6. The van der Waals surface area contributed by atoms with Gasteiger partial charge in [0.05, 0.1) is 0 Å². The summed E-state index contributed by atoms with van der Waals surface area (Å²) in [5.74, 6) is 0.746. The lowest BCUT2D eigenvalue weighted by molar-refractivity contribution is 0.584. The van der Waals surface area contributed by atoms with Crippen molar-refractivity contribution in [2.45, 2.75) is 26.2 Å². The number of rotatable bonds is 1. The van der Waals surface area contributed by atoms with E-state index in [-0.39, 0.29) is 5.41 Å². The second kappa shape index (κ2) is 4.00. The van der Waals surface area contributed by atoms with E-state index >= 15 is 0 Å². The Bertz CT molecular complexity index is 455. The smallest absolute Gasteiger partial charge is 0.159 e. The third-order valence-electron chi connectivity index (χ3n) is 2.46. The molecule has 0 bridgehead atoms. The third-order valence-corrected chi connectivity index (χ3v) is 2.46. The van der Waals surface area contributed by atoms with Crippen LogP contribution in [0.25, 0.3) is 11.4 Å². The van der Waals surface area contributed by atoms with Gasteiger partial charge in [-0.25, -0.2) is 9.97 Å². The first-order valence-electron chi connectivity index (χ1n) is 5.30. The van der Waals surface area contributed by atoms with Crippen molar-refractivity contribution in [2.24, 2.45) is 0 Å². The molecular formula is C13H15N3. The normalized spacial score (nSPS) is 11.4. The van der Waals surface area contributed by atoms with E-state index < -0.39 is 0 Å². The minimum absolute atomic E-state index is 0.0940. The Morgan fingerprint density at radius 3 is 2.00 bits per heavy atom. The molecule has 2 aromatic rings. The van der Waals surface area contributed by atoms with Crippen LogP contribution in [0.5, 0.6) is 0 Å². The van der Waals surface area contributed by atoms with Crippen LogP contribution in [0.2, 0.25) is 0 Å². The van der Waals surface area contributed by atoms with Crippen LogP contribution >= 0.6 is 0 Å². The van der Waals surface area contributed by atoms with Crippen molar-refractivity contribution in [3.8, 4) is 11.4 Å². The molecule has 0 atom stereocenters. The molecule has 0 aliphatic heterocycles. The van der Waals surface area contributed by atoms with Crippen LogP contribution in [0.3, 0.4) is 0 Å². The van der Waals surface area contributed by atoms with Gasteiger partial charge in [0, 0.05) is 30.4 Å². The Morgan fingerprint density at radius 1 is 0.938 bits per heavy atom. The minimum atomic E-state index is 0.0940. The Balaban J connectivity index is 2.34. The van der Waals surface area contributed by atoms with E-state index in [0.29, 0.717) is 0 Å².